The van der Waals surface area contributed by atoms with Gasteiger partial charge in [-0.2, -0.15) is 0 Å². The Kier molecular flexibility index (Phi) is 20.0. The number of methoxy groups -OCH3 is 2. The molecule has 1 heterocycles. The Hall–Kier alpha value is -4.37. The van der Waals surface area contributed by atoms with Crippen molar-refractivity contribution in [2.75, 3.05) is 14.2 Å². The van der Waals surface area contributed by atoms with Gasteiger partial charge in [0.05, 0.1) is 25.4 Å². The van der Waals surface area contributed by atoms with Gasteiger partial charge < -0.3 is 44.7 Å². The van der Waals surface area contributed by atoms with E-state index >= 15 is 0 Å². The number of hydrogen-bond donors (Lipinski definition) is 5. The van der Waals surface area contributed by atoms with Crippen LogP contribution >= 0.6 is 0 Å². The van der Waals surface area contributed by atoms with Crippen LogP contribution in [0.4, 0.5) is 0 Å². The van der Waals surface area contributed by atoms with Crippen LogP contribution in [0.2, 0.25) is 0 Å². The molecule has 2 aliphatic rings. The Labute approximate surface area is 342 Å². The van der Waals surface area contributed by atoms with Gasteiger partial charge in [0.1, 0.15) is 35.6 Å². The molecule has 2 rings (SSSR count). The summed E-state index contributed by atoms with van der Waals surface area (Å²) in [7, 11) is 2.74. The van der Waals surface area contributed by atoms with Crippen LogP contribution in [0.25, 0.3) is 0 Å². The highest BCUT2D eigenvalue weighted by atomic mass is 16.6. The second kappa shape index (κ2) is 23.3. The van der Waals surface area contributed by atoms with E-state index in [1.165, 1.54) is 27.2 Å². The summed E-state index contributed by atoms with van der Waals surface area (Å²) in [6.45, 7) is 15.8. The van der Waals surface area contributed by atoms with Crippen molar-refractivity contribution in [2.24, 2.45) is 35.5 Å². The van der Waals surface area contributed by atoms with Crippen LogP contribution in [-0.4, -0.2) is 101 Å². The van der Waals surface area contributed by atoms with Gasteiger partial charge in [0.15, 0.2) is 5.78 Å². The summed E-state index contributed by atoms with van der Waals surface area (Å²) in [4.78, 5) is 64.7. The van der Waals surface area contributed by atoms with Crippen molar-refractivity contribution >= 4 is 29.4 Å². The molecule has 324 valence electrons. The Morgan fingerprint density at radius 2 is 1.66 bits per heavy atom. The van der Waals surface area contributed by atoms with Crippen LogP contribution in [0.15, 0.2) is 70.9 Å². The van der Waals surface area contributed by atoms with Gasteiger partial charge in [-0.3, -0.25) is 14.4 Å². The molecule has 0 saturated carbocycles. The van der Waals surface area contributed by atoms with E-state index in [0.29, 0.717) is 12.0 Å². The molecular weight excluding hydrogens is 750 g/mol. The zero-order valence-corrected chi connectivity index (χ0v) is 35.8. The summed E-state index contributed by atoms with van der Waals surface area (Å²) >= 11 is 0. The summed E-state index contributed by atoms with van der Waals surface area (Å²) in [5.74, 6) is -7.39. The van der Waals surface area contributed by atoms with Gasteiger partial charge in [0, 0.05) is 62.2 Å². The highest BCUT2D eigenvalue weighted by Crippen LogP contribution is 2.29. The first-order valence-electron chi connectivity index (χ1n) is 19.9. The minimum Gasteiger partial charge on any atom is -0.510 e. The van der Waals surface area contributed by atoms with E-state index in [2.05, 4.69) is 5.32 Å². The first-order valence-corrected chi connectivity index (χ1v) is 19.9. The lowest BCUT2D eigenvalue weighted by Crippen LogP contribution is -2.46. The number of aliphatic hydroxyl groups excluding tert-OH is 4. The van der Waals surface area contributed by atoms with E-state index < -0.39 is 90.2 Å². The van der Waals surface area contributed by atoms with Gasteiger partial charge in [-0.1, -0.05) is 83.9 Å². The summed E-state index contributed by atoms with van der Waals surface area (Å²) in [6, 6.07) is 0. The molecule has 11 unspecified atom stereocenters. The SMILES string of the molecule is CO/C1=C\C(C)=C\C(C)C(O)C(C)C/C(C)=C\C=C/C(OC)C(C(C)C(O)C(C)C(=O)CC(OC(=O)/C=C\C(=O)NC2=C(O)CCC2=O)C(C)C(O)C(C)C)OC1=O. The lowest BCUT2D eigenvalue weighted by Gasteiger charge is -2.34. The number of amides is 1. The number of carbonyl (C=O) groups is 5. The average Bonchev–Trinajstić information content (AvgIpc) is 3.49. The van der Waals surface area contributed by atoms with E-state index in [4.69, 9.17) is 18.9 Å². The maximum absolute atomic E-state index is 13.9. The summed E-state index contributed by atoms with van der Waals surface area (Å²) in [5.41, 5.74) is 1.41. The number of Topliss-reactive ketones (excluding diaryl/α,β-unsaturated/α-hetero) is 2. The normalized spacial score (nSPS) is 29.1. The monoisotopic (exact) mass is 815 g/mol. The highest BCUT2D eigenvalue weighted by molar-refractivity contribution is 6.04. The van der Waals surface area contributed by atoms with Crippen LogP contribution < -0.4 is 5.32 Å². The molecule has 5 N–H and O–H groups in total. The molecule has 0 saturated heterocycles. The van der Waals surface area contributed by atoms with Crippen molar-refractivity contribution < 1.29 is 63.3 Å². The third kappa shape index (κ3) is 14.5. The predicted octanol–water partition coefficient (Wildman–Crippen LogP) is 4.89. The Morgan fingerprint density at radius 1 is 1.00 bits per heavy atom. The zero-order chi connectivity index (χ0) is 44.0. The van der Waals surface area contributed by atoms with Gasteiger partial charge in [-0.25, -0.2) is 9.59 Å². The molecule has 14 heteroatoms. The number of ether oxygens (including phenoxy) is 4. The fourth-order valence-electron chi connectivity index (χ4n) is 7.16. The molecule has 1 aliphatic heterocycles. The van der Waals surface area contributed by atoms with Gasteiger partial charge >= 0.3 is 11.9 Å². The average molecular weight is 816 g/mol. The van der Waals surface area contributed by atoms with E-state index in [0.717, 1.165) is 17.7 Å². The lowest BCUT2D eigenvalue weighted by molar-refractivity contribution is -0.162. The Morgan fingerprint density at radius 3 is 2.22 bits per heavy atom. The molecule has 0 bridgehead atoms. The molecule has 0 aromatic carbocycles. The largest absolute Gasteiger partial charge is 0.510 e. The highest BCUT2D eigenvalue weighted by Gasteiger charge is 2.40. The fraction of sp³-hybridized carbons (Fsp3) is 0.614. The number of allylic oxidation sites excluding steroid dienone is 7. The Balaban J connectivity index is 2.41. The number of nitrogens with one attached hydrogen (secondary N) is 1. The van der Waals surface area contributed by atoms with Crippen LogP contribution in [0.3, 0.4) is 0 Å². The van der Waals surface area contributed by atoms with Crippen molar-refractivity contribution in [3.63, 3.8) is 0 Å². The molecule has 1 amide bonds. The minimum atomic E-state index is -1.41. The smallest absolute Gasteiger partial charge is 0.373 e. The minimum absolute atomic E-state index is 0.0492. The fourth-order valence-corrected chi connectivity index (χ4v) is 7.16. The molecule has 0 aromatic rings. The summed E-state index contributed by atoms with van der Waals surface area (Å²) in [5, 5.41) is 45.7. The van der Waals surface area contributed by atoms with Crippen LogP contribution in [0.1, 0.15) is 88.0 Å². The first kappa shape index (κ1) is 49.8. The van der Waals surface area contributed by atoms with Gasteiger partial charge in [0.25, 0.3) is 0 Å². The molecule has 0 fully saturated rings. The van der Waals surface area contributed by atoms with Gasteiger partial charge in [0.2, 0.25) is 11.7 Å². The summed E-state index contributed by atoms with van der Waals surface area (Å²) in [6.07, 6.45) is 4.38. The number of ketones is 2. The molecule has 0 spiro atoms. The van der Waals surface area contributed by atoms with Crippen molar-refractivity contribution in [1.29, 1.82) is 0 Å². The molecule has 0 radical (unpaired) electrons. The van der Waals surface area contributed by atoms with E-state index in [-0.39, 0.29) is 47.8 Å². The number of rotatable bonds is 15. The maximum atomic E-state index is 13.9. The Bertz CT molecular complexity index is 1650. The van der Waals surface area contributed by atoms with E-state index in [1.807, 2.05) is 32.9 Å². The lowest BCUT2D eigenvalue weighted by atomic mass is 9.81. The zero-order valence-electron chi connectivity index (χ0n) is 35.8. The van der Waals surface area contributed by atoms with Crippen molar-refractivity contribution in [2.45, 2.75) is 125 Å². The second-order valence-electron chi connectivity index (χ2n) is 16.1. The number of esters is 2. The van der Waals surface area contributed by atoms with Gasteiger partial charge in [-0.05, 0) is 38.2 Å². The number of carbonyl (C=O) groups excluding carboxylic acids is 5. The maximum Gasteiger partial charge on any atom is 0.373 e. The van der Waals surface area contributed by atoms with Crippen LogP contribution in [0.5, 0.6) is 0 Å². The van der Waals surface area contributed by atoms with Gasteiger partial charge in [-0.15, -0.1) is 0 Å². The third-order valence-electron chi connectivity index (χ3n) is 10.9. The van der Waals surface area contributed by atoms with E-state index in [9.17, 15) is 44.4 Å². The molecule has 11 atom stereocenters. The molecular formula is C44H65NO13. The molecule has 1 aliphatic carbocycles. The molecule has 58 heavy (non-hydrogen) atoms. The topological polar surface area (TPSA) is 215 Å². The first-order chi connectivity index (χ1) is 27.1. The number of aliphatic hydroxyl groups is 4. The quantitative estimate of drug-likeness (QED) is 0.110. The second-order valence-corrected chi connectivity index (χ2v) is 16.1. The number of cyclic esters (lactones) is 1. The van der Waals surface area contributed by atoms with Crippen molar-refractivity contribution in [3.8, 4) is 0 Å². The molecule has 14 nitrogen and oxygen atoms in total. The van der Waals surface area contributed by atoms with Crippen LogP contribution in [-0.2, 0) is 42.9 Å². The van der Waals surface area contributed by atoms with Crippen LogP contribution in [0, 0.1) is 35.5 Å². The standard InChI is InChI=1S/C44H65NO13/c1-23(2)40(51)29(8)35(57-38(50)18-17-37(49)45-39-31(46)15-16-32(39)47)22-33(48)28(7)42(53)30(9)43-34(55-10)14-12-13-24(3)19-26(5)41(52)27(6)20-25(4)21-36(56-11)44(54)58-43/h12-14,17-18,20-21,23,26-30,34-35,40-43,46,51-53H,15-16,19,22H2,1-11H3,(H,45,49)/b14-12-,18-17-,24-13-,25-20+,36-21-. The molecule has 0 aromatic heterocycles. The third-order valence-corrected chi connectivity index (χ3v) is 10.9. The van der Waals surface area contributed by atoms with Crippen molar-refractivity contribution in [1.82, 2.24) is 5.32 Å². The van der Waals surface area contributed by atoms with E-state index in [1.54, 1.807) is 46.8 Å². The summed E-state index contributed by atoms with van der Waals surface area (Å²) < 4.78 is 22.8. The number of hydrogen-bond acceptors (Lipinski definition) is 13. The van der Waals surface area contributed by atoms with Crippen molar-refractivity contribution in [3.05, 3.63) is 70.9 Å². The predicted molar refractivity (Wildman–Crippen MR) is 216 cm³/mol.